The lowest BCUT2D eigenvalue weighted by Gasteiger charge is -2.10. The van der Waals surface area contributed by atoms with E-state index >= 15 is 0 Å². The molecule has 0 aromatic heterocycles. The summed E-state index contributed by atoms with van der Waals surface area (Å²) in [6, 6.07) is 9.59. The number of methoxy groups -OCH3 is 2. The Hall–Kier alpha value is -2.27. The molecule has 0 atom stereocenters. The van der Waals surface area contributed by atoms with Crippen molar-refractivity contribution in [3.05, 3.63) is 52.8 Å². The molecule has 0 unspecified atom stereocenters. The molecule has 0 aliphatic rings. The number of anilines is 1. The Kier molecular flexibility index (Phi) is 5.22. The van der Waals surface area contributed by atoms with E-state index in [1.807, 2.05) is 0 Å². The summed E-state index contributed by atoms with van der Waals surface area (Å²) in [6.07, 6.45) is 0.0757. The first kappa shape index (κ1) is 16.1. The zero-order valence-electron chi connectivity index (χ0n) is 12.2. The molecule has 0 saturated heterocycles. The van der Waals surface area contributed by atoms with E-state index < -0.39 is 5.82 Å². The molecule has 0 aliphatic heterocycles. The van der Waals surface area contributed by atoms with E-state index in [1.54, 1.807) is 24.3 Å². The molecule has 1 N–H and O–H groups in total. The van der Waals surface area contributed by atoms with Gasteiger partial charge in [0.2, 0.25) is 5.91 Å². The third-order valence-corrected chi connectivity index (χ3v) is 3.33. The summed E-state index contributed by atoms with van der Waals surface area (Å²) < 4.78 is 24.0. The van der Waals surface area contributed by atoms with Crippen molar-refractivity contribution in [2.75, 3.05) is 19.5 Å². The number of halogens is 2. The number of amides is 1. The van der Waals surface area contributed by atoms with Crippen LogP contribution in [0.4, 0.5) is 10.1 Å². The molecule has 0 heterocycles. The Morgan fingerprint density at radius 3 is 2.59 bits per heavy atom. The van der Waals surface area contributed by atoms with E-state index in [-0.39, 0.29) is 23.0 Å². The molecule has 2 rings (SSSR count). The highest BCUT2D eigenvalue weighted by atomic mass is 35.5. The van der Waals surface area contributed by atoms with Crippen LogP contribution in [0.2, 0.25) is 5.02 Å². The van der Waals surface area contributed by atoms with Gasteiger partial charge >= 0.3 is 0 Å². The highest BCUT2D eigenvalue weighted by molar-refractivity contribution is 6.31. The molecule has 0 saturated carbocycles. The number of hydrogen-bond donors (Lipinski definition) is 1. The Morgan fingerprint density at radius 1 is 1.18 bits per heavy atom. The summed E-state index contributed by atoms with van der Waals surface area (Å²) in [7, 11) is 3.05. The molecule has 0 fully saturated rings. The van der Waals surface area contributed by atoms with Crippen LogP contribution in [0, 0.1) is 5.82 Å². The fourth-order valence-electron chi connectivity index (χ4n) is 1.97. The lowest BCUT2D eigenvalue weighted by Crippen LogP contribution is -2.15. The maximum atomic E-state index is 13.7. The van der Waals surface area contributed by atoms with Crippen molar-refractivity contribution < 1.29 is 18.7 Å². The zero-order chi connectivity index (χ0) is 16.1. The Morgan fingerprint density at radius 2 is 1.91 bits per heavy atom. The number of carbonyl (C=O) groups excluding carboxylic acids is 1. The minimum Gasteiger partial charge on any atom is -0.493 e. The molecule has 0 aliphatic carbocycles. The Labute approximate surface area is 132 Å². The quantitative estimate of drug-likeness (QED) is 0.913. The molecular formula is C16H15ClFNO3. The Bertz CT molecular complexity index is 691. The van der Waals surface area contributed by atoms with Gasteiger partial charge in [0, 0.05) is 0 Å². The molecule has 4 nitrogen and oxygen atoms in total. The molecule has 0 radical (unpaired) electrons. The van der Waals surface area contributed by atoms with Gasteiger partial charge in [0.1, 0.15) is 0 Å². The van der Waals surface area contributed by atoms with Gasteiger partial charge in [-0.1, -0.05) is 23.7 Å². The maximum Gasteiger partial charge on any atom is 0.228 e. The van der Waals surface area contributed by atoms with Crippen molar-refractivity contribution in [3.8, 4) is 11.5 Å². The summed E-state index contributed by atoms with van der Waals surface area (Å²) in [4.78, 5) is 12.0. The van der Waals surface area contributed by atoms with Crippen LogP contribution in [-0.2, 0) is 11.2 Å². The summed E-state index contributed by atoms with van der Waals surface area (Å²) >= 11 is 5.67. The van der Waals surface area contributed by atoms with Gasteiger partial charge in [0.25, 0.3) is 0 Å². The van der Waals surface area contributed by atoms with E-state index in [0.717, 1.165) is 5.56 Å². The normalized spacial score (nSPS) is 10.2. The van der Waals surface area contributed by atoms with Crippen molar-refractivity contribution in [3.63, 3.8) is 0 Å². The summed E-state index contributed by atoms with van der Waals surface area (Å²) in [5, 5.41) is 2.46. The van der Waals surface area contributed by atoms with Gasteiger partial charge in [-0.25, -0.2) is 4.39 Å². The molecule has 2 aromatic carbocycles. The highest BCUT2D eigenvalue weighted by Crippen LogP contribution is 2.28. The highest BCUT2D eigenvalue weighted by Gasteiger charge is 2.12. The third-order valence-electron chi connectivity index (χ3n) is 3.04. The van der Waals surface area contributed by atoms with Gasteiger partial charge in [0.05, 0.1) is 31.4 Å². The predicted octanol–water partition coefficient (Wildman–Crippen LogP) is 3.68. The second-order valence-electron chi connectivity index (χ2n) is 4.52. The summed E-state index contributed by atoms with van der Waals surface area (Å²) in [5.41, 5.74) is 0.774. The Balaban J connectivity index is 2.10. The van der Waals surface area contributed by atoms with E-state index in [0.29, 0.717) is 11.5 Å². The largest absolute Gasteiger partial charge is 0.493 e. The van der Waals surface area contributed by atoms with Crippen LogP contribution in [0.5, 0.6) is 11.5 Å². The van der Waals surface area contributed by atoms with Crippen molar-refractivity contribution >= 4 is 23.2 Å². The first-order chi connectivity index (χ1) is 10.5. The minimum atomic E-state index is -0.648. The maximum absolute atomic E-state index is 13.7. The first-order valence-electron chi connectivity index (χ1n) is 6.50. The zero-order valence-corrected chi connectivity index (χ0v) is 12.9. The number of carbonyl (C=O) groups is 1. The third kappa shape index (κ3) is 3.68. The van der Waals surface area contributed by atoms with Gasteiger partial charge in [-0.3, -0.25) is 4.79 Å². The van der Waals surface area contributed by atoms with E-state index in [2.05, 4.69) is 5.32 Å². The standard InChI is InChI=1S/C16H15ClFNO3/c1-21-13-7-6-10(8-14(13)22-2)9-15(20)19-12-5-3-4-11(17)16(12)18/h3-8H,9H2,1-2H3,(H,19,20). The summed E-state index contributed by atoms with van der Waals surface area (Å²) in [5.74, 6) is 0.104. The van der Waals surface area contributed by atoms with Crippen molar-refractivity contribution in [1.82, 2.24) is 0 Å². The monoisotopic (exact) mass is 323 g/mol. The van der Waals surface area contributed by atoms with Gasteiger partial charge in [-0.05, 0) is 29.8 Å². The van der Waals surface area contributed by atoms with E-state index in [4.69, 9.17) is 21.1 Å². The van der Waals surface area contributed by atoms with Gasteiger partial charge < -0.3 is 14.8 Å². The number of benzene rings is 2. The lowest BCUT2D eigenvalue weighted by molar-refractivity contribution is -0.115. The van der Waals surface area contributed by atoms with E-state index in [9.17, 15) is 9.18 Å². The molecular weight excluding hydrogens is 309 g/mol. The predicted molar refractivity (Wildman–Crippen MR) is 83.3 cm³/mol. The van der Waals surface area contributed by atoms with Crippen molar-refractivity contribution in [2.45, 2.75) is 6.42 Å². The second kappa shape index (κ2) is 7.13. The van der Waals surface area contributed by atoms with Gasteiger partial charge in [-0.15, -0.1) is 0 Å². The fraction of sp³-hybridized carbons (Fsp3) is 0.188. The molecule has 0 bridgehead atoms. The molecule has 0 spiro atoms. The van der Waals surface area contributed by atoms with Crippen LogP contribution >= 0.6 is 11.6 Å². The topological polar surface area (TPSA) is 47.6 Å². The van der Waals surface area contributed by atoms with Crippen molar-refractivity contribution in [1.29, 1.82) is 0 Å². The summed E-state index contributed by atoms with van der Waals surface area (Å²) in [6.45, 7) is 0. The van der Waals surface area contributed by atoms with Crippen LogP contribution in [0.1, 0.15) is 5.56 Å². The smallest absolute Gasteiger partial charge is 0.228 e. The molecule has 22 heavy (non-hydrogen) atoms. The number of hydrogen-bond acceptors (Lipinski definition) is 3. The number of rotatable bonds is 5. The first-order valence-corrected chi connectivity index (χ1v) is 6.87. The second-order valence-corrected chi connectivity index (χ2v) is 4.92. The van der Waals surface area contributed by atoms with Crippen LogP contribution in [-0.4, -0.2) is 20.1 Å². The SMILES string of the molecule is COc1ccc(CC(=O)Nc2cccc(Cl)c2F)cc1OC. The van der Waals surface area contributed by atoms with Crippen molar-refractivity contribution in [2.24, 2.45) is 0 Å². The lowest BCUT2D eigenvalue weighted by atomic mass is 10.1. The van der Waals surface area contributed by atoms with Gasteiger partial charge in [0.15, 0.2) is 17.3 Å². The average Bonchev–Trinajstić information content (AvgIpc) is 2.51. The van der Waals surface area contributed by atoms with Gasteiger partial charge in [-0.2, -0.15) is 0 Å². The average molecular weight is 324 g/mol. The molecule has 6 heteroatoms. The minimum absolute atomic E-state index is 0.0380. The molecule has 2 aromatic rings. The molecule has 1 amide bonds. The van der Waals surface area contributed by atoms with Crippen LogP contribution in [0.3, 0.4) is 0 Å². The molecule has 116 valence electrons. The van der Waals surface area contributed by atoms with E-state index in [1.165, 1.54) is 26.4 Å². The van der Waals surface area contributed by atoms with Crippen LogP contribution in [0.25, 0.3) is 0 Å². The van der Waals surface area contributed by atoms with Crippen LogP contribution < -0.4 is 14.8 Å². The number of nitrogens with one attached hydrogen (secondary N) is 1. The fourth-order valence-corrected chi connectivity index (χ4v) is 2.15. The van der Waals surface area contributed by atoms with Crippen LogP contribution in [0.15, 0.2) is 36.4 Å². The number of ether oxygens (including phenoxy) is 2.